The third kappa shape index (κ3) is 3.44. The molecular formula is C18H22O. The van der Waals surface area contributed by atoms with Crippen LogP contribution in [0.3, 0.4) is 0 Å². The first kappa shape index (κ1) is 13.8. The van der Waals surface area contributed by atoms with Gasteiger partial charge in [-0.15, -0.1) is 0 Å². The van der Waals surface area contributed by atoms with E-state index in [0.29, 0.717) is 0 Å². The first-order valence-corrected chi connectivity index (χ1v) is 7.32. The van der Waals surface area contributed by atoms with E-state index in [1.807, 2.05) is 18.2 Å². The summed E-state index contributed by atoms with van der Waals surface area (Å²) in [5, 5.41) is 2.47. The van der Waals surface area contributed by atoms with E-state index in [1.165, 1.54) is 48.4 Å². The van der Waals surface area contributed by atoms with Crippen LogP contribution in [0.25, 0.3) is 10.8 Å². The van der Waals surface area contributed by atoms with Gasteiger partial charge in [0.05, 0.1) is 0 Å². The molecule has 0 aromatic heterocycles. The Morgan fingerprint density at radius 2 is 1.74 bits per heavy atom. The van der Waals surface area contributed by atoms with Crippen molar-refractivity contribution >= 4 is 17.1 Å². The van der Waals surface area contributed by atoms with E-state index in [4.69, 9.17) is 0 Å². The minimum Gasteiger partial charge on any atom is -0.298 e. The van der Waals surface area contributed by atoms with Crippen molar-refractivity contribution in [3.05, 3.63) is 47.5 Å². The average Bonchev–Trinajstić information content (AvgIpc) is 2.47. The molecule has 1 nitrogen and oxygen atoms in total. The molecule has 0 aliphatic heterocycles. The second-order valence-corrected chi connectivity index (χ2v) is 5.14. The number of hydrogen-bond acceptors (Lipinski definition) is 1. The Kier molecular flexibility index (Phi) is 5.14. The summed E-state index contributed by atoms with van der Waals surface area (Å²) < 4.78 is 0. The van der Waals surface area contributed by atoms with Gasteiger partial charge in [0.15, 0.2) is 0 Å². The predicted octanol–water partition coefficient (Wildman–Crippen LogP) is 5.17. The fraction of sp³-hybridized carbons (Fsp3) is 0.389. The van der Waals surface area contributed by atoms with Crippen LogP contribution < -0.4 is 0 Å². The van der Waals surface area contributed by atoms with Crippen molar-refractivity contribution in [1.82, 2.24) is 0 Å². The summed E-state index contributed by atoms with van der Waals surface area (Å²) in [6.07, 6.45) is 8.33. The van der Waals surface area contributed by atoms with Gasteiger partial charge in [0.2, 0.25) is 0 Å². The molecule has 0 bridgehead atoms. The highest BCUT2D eigenvalue weighted by Crippen LogP contribution is 2.23. The maximum atomic E-state index is 11.2. The number of aldehydes is 1. The number of aryl methyl sites for hydroxylation is 1. The monoisotopic (exact) mass is 254 g/mol. The van der Waals surface area contributed by atoms with E-state index >= 15 is 0 Å². The van der Waals surface area contributed by atoms with E-state index in [-0.39, 0.29) is 0 Å². The molecule has 0 spiro atoms. The maximum absolute atomic E-state index is 11.2. The molecule has 0 heterocycles. The van der Waals surface area contributed by atoms with E-state index < -0.39 is 0 Å². The van der Waals surface area contributed by atoms with Crippen molar-refractivity contribution in [2.24, 2.45) is 0 Å². The minimum absolute atomic E-state index is 0.856. The molecule has 19 heavy (non-hydrogen) atoms. The Morgan fingerprint density at radius 1 is 0.947 bits per heavy atom. The number of carbonyl (C=O) groups is 1. The topological polar surface area (TPSA) is 17.1 Å². The first-order chi connectivity index (χ1) is 9.36. The molecule has 0 atom stereocenters. The molecule has 2 aromatic carbocycles. The summed E-state index contributed by atoms with van der Waals surface area (Å²) >= 11 is 0. The largest absolute Gasteiger partial charge is 0.298 e. The zero-order chi connectivity index (χ0) is 13.5. The number of carbonyl (C=O) groups excluding carboxylic acids is 1. The Bertz CT molecular complexity index is 542. The van der Waals surface area contributed by atoms with Crippen molar-refractivity contribution in [2.75, 3.05) is 0 Å². The van der Waals surface area contributed by atoms with Crippen LogP contribution in [-0.4, -0.2) is 6.29 Å². The van der Waals surface area contributed by atoms with Crippen molar-refractivity contribution in [2.45, 2.75) is 45.4 Å². The predicted molar refractivity (Wildman–Crippen MR) is 81.8 cm³/mol. The van der Waals surface area contributed by atoms with Crippen LogP contribution in [-0.2, 0) is 6.42 Å². The van der Waals surface area contributed by atoms with Gasteiger partial charge in [-0.2, -0.15) is 0 Å². The zero-order valence-electron chi connectivity index (χ0n) is 11.7. The van der Waals surface area contributed by atoms with Gasteiger partial charge in [-0.1, -0.05) is 69.0 Å². The van der Waals surface area contributed by atoms with Gasteiger partial charge in [0.1, 0.15) is 6.29 Å². The van der Waals surface area contributed by atoms with Crippen LogP contribution >= 0.6 is 0 Å². The van der Waals surface area contributed by atoms with Crippen molar-refractivity contribution in [1.29, 1.82) is 0 Å². The summed E-state index contributed by atoms with van der Waals surface area (Å²) in [5.41, 5.74) is 2.08. The molecule has 0 saturated heterocycles. The van der Waals surface area contributed by atoms with Gasteiger partial charge in [-0.3, -0.25) is 4.79 Å². The molecule has 0 aliphatic carbocycles. The van der Waals surface area contributed by atoms with E-state index in [2.05, 4.69) is 25.1 Å². The molecule has 1 heteroatoms. The summed E-state index contributed by atoms with van der Waals surface area (Å²) in [6.45, 7) is 2.23. The molecule has 100 valence electrons. The zero-order valence-corrected chi connectivity index (χ0v) is 11.7. The summed E-state index contributed by atoms with van der Waals surface area (Å²) in [4.78, 5) is 11.2. The lowest BCUT2D eigenvalue weighted by molar-refractivity contribution is 0.112. The van der Waals surface area contributed by atoms with E-state index in [1.54, 1.807) is 0 Å². The molecule has 0 N–H and O–H groups in total. The quantitative estimate of drug-likeness (QED) is 0.492. The number of rotatable bonds is 7. The van der Waals surface area contributed by atoms with Gasteiger partial charge < -0.3 is 0 Å². The number of benzene rings is 2. The SMILES string of the molecule is CCCCCCCc1c(C=O)ccc2ccccc12. The summed E-state index contributed by atoms with van der Waals surface area (Å²) in [5.74, 6) is 0. The van der Waals surface area contributed by atoms with Crippen molar-refractivity contribution in [3.8, 4) is 0 Å². The van der Waals surface area contributed by atoms with Gasteiger partial charge in [0, 0.05) is 5.56 Å². The highest BCUT2D eigenvalue weighted by atomic mass is 16.1. The number of unbranched alkanes of at least 4 members (excludes halogenated alkanes) is 4. The lowest BCUT2D eigenvalue weighted by Crippen LogP contribution is -1.95. The Balaban J connectivity index is 2.17. The lowest BCUT2D eigenvalue weighted by Gasteiger charge is -2.09. The molecule has 0 fully saturated rings. The molecule has 0 saturated carbocycles. The van der Waals surface area contributed by atoms with Crippen LogP contribution in [0, 0.1) is 0 Å². The van der Waals surface area contributed by atoms with Crippen LogP contribution in [0.2, 0.25) is 0 Å². The van der Waals surface area contributed by atoms with Gasteiger partial charge in [-0.05, 0) is 29.2 Å². The van der Waals surface area contributed by atoms with Gasteiger partial charge in [0.25, 0.3) is 0 Å². The Morgan fingerprint density at radius 3 is 2.53 bits per heavy atom. The third-order valence-corrected chi connectivity index (χ3v) is 3.73. The highest BCUT2D eigenvalue weighted by molar-refractivity contribution is 5.93. The number of hydrogen-bond donors (Lipinski definition) is 0. The molecule has 0 aliphatic rings. The molecule has 2 rings (SSSR count). The Hall–Kier alpha value is -1.63. The van der Waals surface area contributed by atoms with Crippen molar-refractivity contribution < 1.29 is 4.79 Å². The first-order valence-electron chi connectivity index (χ1n) is 7.32. The number of fused-ring (bicyclic) bond motifs is 1. The van der Waals surface area contributed by atoms with E-state index in [0.717, 1.165) is 18.3 Å². The Labute approximate surface area is 115 Å². The van der Waals surface area contributed by atoms with Gasteiger partial charge >= 0.3 is 0 Å². The fourth-order valence-electron chi connectivity index (χ4n) is 2.65. The highest BCUT2D eigenvalue weighted by Gasteiger charge is 2.06. The smallest absolute Gasteiger partial charge is 0.150 e. The molecule has 0 unspecified atom stereocenters. The van der Waals surface area contributed by atoms with E-state index in [9.17, 15) is 4.79 Å². The van der Waals surface area contributed by atoms with Crippen LogP contribution in [0.4, 0.5) is 0 Å². The standard InChI is InChI=1S/C18H22O/c1-2-3-4-5-6-10-18-16(14-19)13-12-15-9-7-8-11-17(15)18/h7-9,11-14H,2-6,10H2,1H3. The van der Waals surface area contributed by atoms with Crippen LogP contribution in [0.1, 0.15) is 54.9 Å². The van der Waals surface area contributed by atoms with Crippen LogP contribution in [0.5, 0.6) is 0 Å². The van der Waals surface area contributed by atoms with Gasteiger partial charge in [-0.25, -0.2) is 0 Å². The molecule has 2 aromatic rings. The second-order valence-electron chi connectivity index (χ2n) is 5.14. The normalized spacial score (nSPS) is 10.8. The van der Waals surface area contributed by atoms with Crippen molar-refractivity contribution in [3.63, 3.8) is 0 Å². The lowest BCUT2D eigenvalue weighted by atomic mass is 9.95. The molecule has 0 radical (unpaired) electrons. The maximum Gasteiger partial charge on any atom is 0.150 e. The minimum atomic E-state index is 0.856. The summed E-state index contributed by atoms with van der Waals surface area (Å²) in [7, 11) is 0. The molecular weight excluding hydrogens is 232 g/mol. The second kappa shape index (κ2) is 7.08. The average molecular weight is 254 g/mol. The molecule has 0 amide bonds. The fourth-order valence-corrected chi connectivity index (χ4v) is 2.65. The van der Waals surface area contributed by atoms with Crippen LogP contribution in [0.15, 0.2) is 36.4 Å². The third-order valence-electron chi connectivity index (χ3n) is 3.73. The summed E-state index contributed by atoms with van der Waals surface area (Å²) in [6, 6.07) is 12.3.